The van der Waals surface area contributed by atoms with Crippen molar-refractivity contribution in [1.82, 2.24) is 14.8 Å². The van der Waals surface area contributed by atoms with Crippen molar-refractivity contribution < 1.29 is 23.1 Å². The Balaban J connectivity index is 1.63. The van der Waals surface area contributed by atoms with Crippen molar-refractivity contribution in [3.8, 4) is 0 Å². The summed E-state index contributed by atoms with van der Waals surface area (Å²) >= 11 is 0. The number of methoxy groups -OCH3 is 1. The van der Waals surface area contributed by atoms with E-state index in [0.717, 1.165) is 11.8 Å². The van der Waals surface area contributed by atoms with E-state index in [1.165, 1.54) is 19.4 Å². The van der Waals surface area contributed by atoms with Gasteiger partial charge in [-0.3, -0.25) is 9.88 Å². The van der Waals surface area contributed by atoms with Gasteiger partial charge in [0.1, 0.15) is 0 Å². The van der Waals surface area contributed by atoms with Gasteiger partial charge in [0.05, 0.1) is 24.7 Å². The highest BCUT2D eigenvalue weighted by Crippen LogP contribution is 2.22. The van der Waals surface area contributed by atoms with Gasteiger partial charge in [-0.05, 0) is 36.8 Å². The number of anilines is 2. The van der Waals surface area contributed by atoms with Crippen LogP contribution in [0, 0.1) is 18.6 Å². The Morgan fingerprint density at radius 1 is 1.13 bits per heavy atom. The van der Waals surface area contributed by atoms with Gasteiger partial charge in [-0.2, -0.15) is 0 Å². The van der Waals surface area contributed by atoms with Crippen LogP contribution in [-0.2, 0) is 11.3 Å². The summed E-state index contributed by atoms with van der Waals surface area (Å²) in [7, 11) is 1.33. The lowest BCUT2D eigenvalue weighted by atomic mass is 10.1. The first-order valence-corrected chi connectivity index (χ1v) is 9.39. The zero-order chi connectivity index (χ0) is 21.7. The second kappa shape index (κ2) is 9.49. The third-order valence-electron chi connectivity index (χ3n) is 4.72. The first-order valence-electron chi connectivity index (χ1n) is 9.39. The number of benzene rings is 1. The molecule has 0 aliphatic carbocycles. The molecule has 0 radical (unpaired) electrons. The van der Waals surface area contributed by atoms with Gasteiger partial charge in [-0.1, -0.05) is 0 Å². The van der Waals surface area contributed by atoms with Gasteiger partial charge < -0.3 is 20.3 Å². The highest BCUT2D eigenvalue weighted by Gasteiger charge is 2.22. The first kappa shape index (κ1) is 21.4. The minimum Gasteiger partial charge on any atom is -0.453 e. The average molecular weight is 419 g/mol. The van der Waals surface area contributed by atoms with Gasteiger partial charge in [-0.15, -0.1) is 0 Å². The number of urea groups is 1. The van der Waals surface area contributed by atoms with Gasteiger partial charge >= 0.3 is 12.1 Å². The van der Waals surface area contributed by atoms with Crippen molar-refractivity contribution in [3.63, 3.8) is 0 Å². The predicted octanol–water partition coefficient (Wildman–Crippen LogP) is 3.20. The highest BCUT2D eigenvalue weighted by atomic mass is 19.2. The molecule has 1 saturated heterocycles. The van der Waals surface area contributed by atoms with E-state index in [1.54, 1.807) is 17.0 Å². The minimum atomic E-state index is -1.13. The van der Waals surface area contributed by atoms with Gasteiger partial charge in [0.15, 0.2) is 11.6 Å². The zero-order valence-electron chi connectivity index (χ0n) is 16.7. The zero-order valence-corrected chi connectivity index (χ0v) is 16.7. The molecular weight excluding hydrogens is 396 g/mol. The van der Waals surface area contributed by atoms with E-state index in [-0.39, 0.29) is 11.8 Å². The van der Waals surface area contributed by atoms with Gasteiger partial charge in [0.25, 0.3) is 0 Å². The Morgan fingerprint density at radius 2 is 1.87 bits per heavy atom. The number of pyridine rings is 1. The number of carbonyl (C=O) groups excluding carboxylic acids is 2. The fraction of sp³-hybridized carbons (Fsp3) is 0.350. The number of rotatable bonds is 4. The molecule has 2 heterocycles. The fourth-order valence-corrected chi connectivity index (χ4v) is 3.13. The van der Waals surface area contributed by atoms with Crippen molar-refractivity contribution in [2.75, 3.05) is 43.9 Å². The van der Waals surface area contributed by atoms with Crippen LogP contribution in [0.5, 0.6) is 0 Å². The Bertz CT molecular complexity index is 915. The van der Waals surface area contributed by atoms with Crippen molar-refractivity contribution in [2.24, 2.45) is 0 Å². The largest absolute Gasteiger partial charge is 0.453 e. The molecule has 3 amide bonds. The van der Waals surface area contributed by atoms with Crippen LogP contribution in [0.3, 0.4) is 0 Å². The van der Waals surface area contributed by atoms with Crippen LogP contribution in [0.1, 0.15) is 11.3 Å². The van der Waals surface area contributed by atoms with E-state index in [1.807, 2.05) is 11.8 Å². The van der Waals surface area contributed by atoms with Crippen LogP contribution in [0.4, 0.5) is 29.7 Å². The van der Waals surface area contributed by atoms with E-state index in [0.29, 0.717) is 44.0 Å². The monoisotopic (exact) mass is 419 g/mol. The summed E-state index contributed by atoms with van der Waals surface area (Å²) in [6.07, 6.45) is 1.08. The molecule has 10 heteroatoms. The smallest absolute Gasteiger partial charge is 0.409 e. The standard InChI is InChI=1S/C20H23F2N5O3/c1-13-3-4-15(11-23-13)24-19(28)25-17-10-14(9-16(21)18(17)22)12-26-5-7-27(8-6-26)20(29)30-2/h3-4,9-11H,5-8,12H2,1-2H3,(H2,24,25,28). The molecule has 160 valence electrons. The molecule has 1 aliphatic rings. The van der Waals surface area contributed by atoms with Crippen LogP contribution >= 0.6 is 0 Å². The molecule has 30 heavy (non-hydrogen) atoms. The number of carbonyl (C=O) groups is 2. The number of nitrogens with one attached hydrogen (secondary N) is 2. The SMILES string of the molecule is COC(=O)N1CCN(Cc2cc(F)c(F)c(NC(=O)Nc3ccc(C)nc3)c2)CC1. The molecule has 2 aromatic rings. The molecule has 0 bridgehead atoms. The lowest BCUT2D eigenvalue weighted by Gasteiger charge is -2.33. The quantitative estimate of drug-likeness (QED) is 0.795. The average Bonchev–Trinajstić information content (AvgIpc) is 2.73. The van der Waals surface area contributed by atoms with Crippen LogP contribution in [0.15, 0.2) is 30.5 Å². The van der Waals surface area contributed by atoms with E-state index >= 15 is 0 Å². The minimum absolute atomic E-state index is 0.254. The summed E-state index contributed by atoms with van der Waals surface area (Å²) in [5.41, 5.74) is 1.47. The van der Waals surface area contributed by atoms with Crippen LogP contribution < -0.4 is 10.6 Å². The third-order valence-corrected chi connectivity index (χ3v) is 4.72. The Morgan fingerprint density at radius 3 is 2.50 bits per heavy atom. The molecule has 1 aliphatic heterocycles. The summed E-state index contributed by atoms with van der Waals surface area (Å²) in [4.78, 5) is 31.4. The number of aromatic nitrogens is 1. The number of ether oxygens (including phenoxy) is 1. The number of aryl methyl sites for hydroxylation is 1. The van der Waals surface area contributed by atoms with Crippen molar-refractivity contribution in [1.29, 1.82) is 0 Å². The van der Waals surface area contributed by atoms with Crippen LogP contribution in [0.2, 0.25) is 0 Å². The van der Waals surface area contributed by atoms with Crippen LogP contribution in [0.25, 0.3) is 0 Å². The number of nitrogens with zero attached hydrogens (tertiary/aromatic N) is 3. The normalized spacial score (nSPS) is 14.3. The summed E-state index contributed by atoms with van der Waals surface area (Å²) in [6.45, 7) is 4.26. The van der Waals surface area contributed by atoms with E-state index in [9.17, 15) is 18.4 Å². The lowest BCUT2D eigenvalue weighted by molar-refractivity contribution is 0.0888. The highest BCUT2D eigenvalue weighted by molar-refractivity contribution is 5.99. The van der Waals surface area contributed by atoms with Gasteiger partial charge in [0.2, 0.25) is 0 Å². The Hall–Kier alpha value is -3.27. The molecule has 2 N–H and O–H groups in total. The second-order valence-electron chi connectivity index (χ2n) is 6.94. The van der Waals surface area contributed by atoms with Crippen molar-refractivity contribution in [2.45, 2.75) is 13.5 Å². The second-order valence-corrected chi connectivity index (χ2v) is 6.94. The number of piperazine rings is 1. The lowest BCUT2D eigenvalue weighted by Crippen LogP contribution is -2.48. The summed E-state index contributed by atoms with van der Waals surface area (Å²) < 4.78 is 33.0. The van der Waals surface area contributed by atoms with Gasteiger partial charge in [0, 0.05) is 38.4 Å². The first-order chi connectivity index (χ1) is 14.4. The summed E-state index contributed by atoms with van der Waals surface area (Å²) in [5.74, 6) is -2.18. The maximum Gasteiger partial charge on any atom is 0.409 e. The Labute approximate surface area is 172 Å². The molecule has 0 atom stereocenters. The molecule has 1 fully saturated rings. The van der Waals surface area contributed by atoms with E-state index in [4.69, 9.17) is 4.74 Å². The van der Waals surface area contributed by atoms with E-state index < -0.39 is 17.7 Å². The third kappa shape index (κ3) is 5.41. The molecule has 0 unspecified atom stereocenters. The Kier molecular flexibility index (Phi) is 6.78. The van der Waals surface area contributed by atoms with E-state index in [2.05, 4.69) is 15.6 Å². The maximum atomic E-state index is 14.2. The molecular formula is C20H23F2N5O3. The predicted molar refractivity (Wildman–Crippen MR) is 107 cm³/mol. The number of halogens is 2. The topological polar surface area (TPSA) is 86.8 Å². The van der Waals surface area contributed by atoms with Crippen molar-refractivity contribution in [3.05, 3.63) is 53.4 Å². The van der Waals surface area contributed by atoms with Crippen molar-refractivity contribution >= 4 is 23.5 Å². The fourth-order valence-electron chi connectivity index (χ4n) is 3.13. The summed E-state index contributed by atoms with van der Waals surface area (Å²) in [6, 6.07) is 5.18. The van der Waals surface area contributed by atoms with Crippen LogP contribution in [-0.4, -0.2) is 60.2 Å². The molecule has 8 nitrogen and oxygen atoms in total. The molecule has 1 aromatic carbocycles. The molecule has 1 aromatic heterocycles. The number of hydrogen-bond acceptors (Lipinski definition) is 5. The molecule has 0 saturated carbocycles. The molecule has 3 rings (SSSR count). The number of hydrogen-bond donors (Lipinski definition) is 2. The summed E-state index contributed by atoms with van der Waals surface area (Å²) in [5, 5.41) is 4.87. The molecule has 0 spiro atoms. The van der Waals surface area contributed by atoms with Gasteiger partial charge in [-0.25, -0.2) is 18.4 Å². The number of amides is 3. The maximum absolute atomic E-state index is 14.2.